The largest absolute Gasteiger partial charge is 0.476 e. The normalized spacial score (nSPS) is 10.9. The van der Waals surface area contributed by atoms with Crippen LogP contribution in [0.15, 0.2) is 36.7 Å². The van der Waals surface area contributed by atoms with Gasteiger partial charge in [0.1, 0.15) is 0 Å². The maximum Gasteiger partial charge on any atom is 0.356 e. The monoisotopic (exact) mass is 267 g/mol. The van der Waals surface area contributed by atoms with Crippen molar-refractivity contribution in [2.45, 2.75) is 6.92 Å². The van der Waals surface area contributed by atoms with Gasteiger partial charge in [0.15, 0.2) is 5.69 Å². The third-order valence-electron chi connectivity index (χ3n) is 3.35. The van der Waals surface area contributed by atoms with E-state index in [4.69, 9.17) is 5.11 Å². The first kappa shape index (κ1) is 12.3. The van der Waals surface area contributed by atoms with Gasteiger partial charge in [0.05, 0.1) is 5.69 Å². The van der Waals surface area contributed by atoms with E-state index in [9.17, 15) is 4.79 Å². The van der Waals surface area contributed by atoms with Crippen molar-refractivity contribution in [3.8, 4) is 11.3 Å². The Morgan fingerprint density at radius 3 is 2.75 bits per heavy atom. The molecule has 0 aliphatic carbocycles. The van der Waals surface area contributed by atoms with Gasteiger partial charge in [0.25, 0.3) is 0 Å². The number of aromatic nitrogens is 3. The molecule has 2 heterocycles. The molecule has 1 aromatic carbocycles. The number of aromatic carboxylic acids is 1. The predicted molar refractivity (Wildman–Crippen MR) is 75.6 cm³/mol. The third-order valence-corrected chi connectivity index (χ3v) is 3.35. The maximum atomic E-state index is 11.0. The second kappa shape index (κ2) is 4.45. The highest BCUT2D eigenvalue weighted by atomic mass is 16.4. The fourth-order valence-corrected chi connectivity index (χ4v) is 2.33. The van der Waals surface area contributed by atoms with E-state index in [1.165, 1.54) is 0 Å². The van der Waals surface area contributed by atoms with Crippen LogP contribution in [0.2, 0.25) is 0 Å². The van der Waals surface area contributed by atoms with E-state index < -0.39 is 5.97 Å². The summed E-state index contributed by atoms with van der Waals surface area (Å²) in [6.45, 7) is 2.02. The third kappa shape index (κ3) is 1.93. The number of hydrogen-bond donors (Lipinski definition) is 1. The molecule has 3 rings (SSSR count). The quantitative estimate of drug-likeness (QED) is 0.775. The van der Waals surface area contributed by atoms with Crippen molar-refractivity contribution in [2.24, 2.45) is 7.05 Å². The van der Waals surface area contributed by atoms with E-state index in [-0.39, 0.29) is 5.69 Å². The zero-order chi connectivity index (χ0) is 14.3. The van der Waals surface area contributed by atoms with Crippen LogP contribution in [0.3, 0.4) is 0 Å². The first-order valence-corrected chi connectivity index (χ1v) is 6.18. The van der Waals surface area contributed by atoms with Crippen molar-refractivity contribution in [1.82, 2.24) is 14.8 Å². The summed E-state index contributed by atoms with van der Waals surface area (Å²) >= 11 is 0. The fourth-order valence-electron chi connectivity index (χ4n) is 2.33. The van der Waals surface area contributed by atoms with Gasteiger partial charge in [-0.3, -0.25) is 9.67 Å². The van der Waals surface area contributed by atoms with Crippen LogP contribution in [0.4, 0.5) is 0 Å². The molecule has 1 N–H and O–H groups in total. The van der Waals surface area contributed by atoms with Crippen molar-refractivity contribution >= 4 is 16.7 Å². The van der Waals surface area contributed by atoms with Crippen molar-refractivity contribution in [3.63, 3.8) is 0 Å². The lowest BCUT2D eigenvalue weighted by Gasteiger charge is -2.05. The Hall–Kier alpha value is -2.69. The molecule has 0 amide bonds. The first-order valence-electron chi connectivity index (χ1n) is 6.18. The molecular weight excluding hydrogens is 254 g/mol. The number of carbonyl (C=O) groups is 1. The lowest BCUT2D eigenvalue weighted by Crippen LogP contribution is -1.99. The topological polar surface area (TPSA) is 68.0 Å². The molecule has 0 bridgehead atoms. The molecule has 0 atom stereocenters. The molecule has 100 valence electrons. The Labute approximate surface area is 115 Å². The van der Waals surface area contributed by atoms with Crippen LogP contribution >= 0.6 is 0 Å². The highest BCUT2D eigenvalue weighted by Gasteiger charge is 2.13. The summed E-state index contributed by atoms with van der Waals surface area (Å²) in [6.07, 6.45) is 3.63. The van der Waals surface area contributed by atoms with Crippen LogP contribution in [0, 0.1) is 6.92 Å². The second-order valence-electron chi connectivity index (χ2n) is 4.74. The summed E-state index contributed by atoms with van der Waals surface area (Å²) in [6, 6.07) is 7.57. The average Bonchev–Trinajstić information content (AvgIpc) is 2.81. The van der Waals surface area contributed by atoms with E-state index in [2.05, 4.69) is 10.1 Å². The molecule has 0 aliphatic rings. The Bertz CT molecular complexity index is 821. The number of benzene rings is 1. The zero-order valence-electron chi connectivity index (χ0n) is 11.2. The van der Waals surface area contributed by atoms with E-state index in [1.54, 1.807) is 24.0 Å². The highest BCUT2D eigenvalue weighted by molar-refractivity contribution is 5.90. The minimum Gasteiger partial charge on any atom is -0.476 e. The Balaban J connectivity index is 2.17. The molecule has 5 nitrogen and oxygen atoms in total. The summed E-state index contributed by atoms with van der Waals surface area (Å²) in [5.41, 5.74) is 2.86. The van der Waals surface area contributed by atoms with E-state index >= 15 is 0 Å². The number of hydrogen-bond acceptors (Lipinski definition) is 3. The van der Waals surface area contributed by atoms with E-state index in [0.717, 1.165) is 27.6 Å². The molecule has 2 aromatic heterocycles. The maximum absolute atomic E-state index is 11.0. The van der Waals surface area contributed by atoms with Crippen molar-refractivity contribution in [3.05, 3.63) is 47.9 Å². The molecule has 0 fully saturated rings. The zero-order valence-corrected chi connectivity index (χ0v) is 11.2. The van der Waals surface area contributed by atoms with Gasteiger partial charge in [-0.05, 0) is 30.0 Å². The van der Waals surface area contributed by atoms with Gasteiger partial charge in [-0.1, -0.05) is 12.1 Å². The second-order valence-corrected chi connectivity index (χ2v) is 4.74. The molecule has 20 heavy (non-hydrogen) atoms. The summed E-state index contributed by atoms with van der Waals surface area (Å²) < 4.78 is 1.58. The van der Waals surface area contributed by atoms with Gasteiger partial charge in [0.2, 0.25) is 0 Å². The Morgan fingerprint density at radius 1 is 1.25 bits per heavy atom. The van der Waals surface area contributed by atoms with Crippen LogP contribution in [0.5, 0.6) is 0 Å². The van der Waals surface area contributed by atoms with Crippen LogP contribution < -0.4 is 0 Å². The number of rotatable bonds is 2. The summed E-state index contributed by atoms with van der Waals surface area (Å²) in [5, 5.41) is 15.1. The minimum atomic E-state index is -1.02. The van der Waals surface area contributed by atoms with Gasteiger partial charge in [0, 0.05) is 30.4 Å². The van der Waals surface area contributed by atoms with Gasteiger partial charge in [-0.25, -0.2) is 4.79 Å². The molecule has 0 spiro atoms. The molecule has 0 unspecified atom stereocenters. The number of fused-ring (bicyclic) bond motifs is 1. The average molecular weight is 267 g/mol. The van der Waals surface area contributed by atoms with Gasteiger partial charge < -0.3 is 5.11 Å². The molecule has 0 radical (unpaired) electrons. The highest BCUT2D eigenvalue weighted by Crippen LogP contribution is 2.25. The van der Waals surface area contributed by atoms with Gasteiger partial charge in [-0.15, -0.1) is 0 Å². The molecular formula is C15H13N3O2. The molecule has 3 aromatic rings. The Kier molecular flexibility index (Phi) is 2.75. The van der Waals surface area contributed by atoms with E-state index in [0.29, 0.717) is 0 Å². The number of pyridine rings is 1. The summed E-state index contributed by atoms with van der Waals surface area (Å²) in [5.74, 6) is -1.02. The number of carboxylic acids is 1. The van der Waals surface area contributed by atoms with Crippen LogP contribution in [-0.2, 0) is 7.05 Å². The smallest absolute Gasteiger partial charge is 0.356 e. The van der Waals surface area contributed by atoms with Gasteiger partial charge in [-0.2, -0.15) is 5.10 Å². The molecule has 0 saturated carbocycles. The van der Waals surface area contributed by atoms with Crippen molar-refractivity contribution in [1.29, 1.82) is 0 Å². The minimum absolute atomic E-state index is 0.0463. The lowest BCUT2D eigenvalue weighted by molar-refractivity contribution is 0.0689. The lowest BCUT2D eigenvalue weighted by atomic mass is 10.0. The van der Waals surface area contributed by atoms with Crippen LogP contribution in [-0.4, -0.2) is 25.8 Å². The molecule has 5 heteroatoms. The number of nitrogens with zero attached hydrogens (tertiary/aromatic N) is 3. The SMILES string of the molecule is Cc1cncc2cc(-c3cc(C(=O)O)nn3C)ccc12. The van der Waals surface area contributed by atoms with Crippen molar-refractivity contribution < 1.29 is 9.90 Å². The van der Waals surface area contributed by atoms with E-state index in [1.807, 2.05) is 31.3 Å². The van der Waals surface area contributed by atoms with Crippen molar-refractivity contribution in [2.75, 3.05) is 0 Å². The molecule has 0 aliphatic heterocycles. The predicted octanol–water partition coefficient (Wildman–Crippen LogP) is 2.64. The standard InChI is InChI=1S/C15H13N3O2/c1-9-7-16-8-11-5-10(3-4-12(9)11)14-6-13(15(19)20)17-18(14)2/h3-8H,1-2H3,(H,19,20). The number of aryl methyl sites for hydroxylation is 2. The van der Waals surface area contributed by atoms with Gasteiger partial charge >= 0.3 is 5.97 Å². The van der Waals surface area contributed by atoms with Crippen LogP contribution in [0.1, 0.15) is 16.1 Å². The number of carboxylic acid groups (broad SMARTS) is 1. The first-order chi connectivity index (χ1) is 9.56. The fraction of sp³-hybridized carbons (Fsp3) is 0.133. The Morgan fingerprint density at radius 2 is 2.05 bits per heavy atom. The summed E-state index contributed by atoms with van der Waals surface area (Å²) in [4.78, 5) is 15.2. The van der Waals surface area contributed by atoms with Crippen LogP contribution in [0.25, 0.3) is 22.0 Å². The summed E-state index contributed by atoms with van der Waals surface area (Å²) in [7, 11) is 1.74. The molecule has 0 saturated heterocycles.